The third-order valence-corrected chi connectivity index (χ3v) is 3.89. The van der Waals surface area contributed by atoms with Crippen molar-refractivity contribution in [3.05, 3.63) is 35.4 Å². The Morgan fingerprint density at radius 3 is 2.30 bits per heavy atom. The highest BCUT2D eigenvalue weighted by Crippen LogP contribution is 2.22. The number of aliphatic carboxylic acids is 1. The van der Waals surface area contributed by atoms with Crippen LogP contribution in [0.5, 0.6) is 0 Å². The van der Waals surface area contributed by atoms with Crippen LogP contribution in [0.15, 0.2) is 24.3 Å². The first-order chi connectivity index (χ1) is 9.52. The fourth-order valence-corrected chi connectivity index (χ4v) is 2.38. The van der Waals surface area contributed by atoms with Crippen molar-refractivity contribution in [3.8, 4) is 0 Å². The lowest BCUT2D eigenvalue weighted by Crippen LogP contribution is -2.49. The van der Waals surface area contributed by atoms with Gasteiger partial charge in [-0.2, -0.15) is 0 Å². The molecule has 2 atom stereocenters. The molecule has 0 aliphatic carbocycles. The highest BCUT2D eigenvalue weighted by Gasteiger charge is 2.29. The van der Waals surface area contributed by atoms with E-state index in [0.717, 1.165) is 11.1 Å². The molecule has 0 saturated heterocycles. The van der Waals surface area contributed by atoms with Gasteiger partial charge in [-0.15, -0.1) is 0 Å². The molecule has 0 spiro atoms. The van der Waals surface area contributed by atoms with E-state index in [9.17, 15) is 14.7 Å². The number of fused-ring (bicyclic) bond motifs is 1. The molecule has 20 heavy (non-hydrogen) atoms. The lowest BCUT2D eigenvalue weighted by atomic mass is 9.99. The Bertz CT molecular complexity index is 491. The standard InChI is InChI=1S/C15H20N2O3/c1-3-10(2)13(14(18)19)16-15(20)17-8-11-6-4-5-7-12(11)9-17/h4-7,10,13H,3,8-9H2,1-2H3,(H,16,20)(H,18,19)/t10?,13-/m0/s1. The predicted octanol–water partition coefficient (Wildman–Crippen LogP) is 2.21. The number of hydrogen-bond acceptors (Lipinski definition) is 2. The molecule has 1 aliphatic heterocycles. The third-order valence-electron chi connectivity index (χ3n) is 3.89. The number of carboxylic acids is 1. The van der Waals surface area contributed by atoms with Crippen LogP contribution in [-0.2, 0) is 17.9 Å². The van der Waals surface area contributed by atoms with Crippen LogP contribution in [0.4, 0.5) is 4.79 Å². The molecule has 1 aromatic rings. The first-order valence-electron chi connectivity index (χ1n) is 6.88. The summed E-state index contributed by atoms with van der Waals surface area (Å²) in [4.78, 5) is 25.1. The van der Waals surface area contributed by atoms with Gasteiger partial charge in [0.25, 0.3) is 0 Å². The highest BCUT2D eigenvalue weighted by molar-refractivity contribution is 5.83. The van der Waals surface area contributed by atoms with Gasteiger partial charge in [-0.25, -0.2) is 9.59 Å². The van der Waals surface area contributed by atoms with Crippen LogP contribution >= 0.6 is 0 Å². The molecule has 1 aliphatic rings. The van der Waals surface area contributed by atoms with Crippen molar-refractivity contribution in [1.29, 1.82) is 0 Å². The summed E-state index contributed by atoms with van der Waals surface area (Å²) < 4.78 is 0. The van der Waals surface area contributed by atoms with Gasteiger partial charge in [0.2, 0.25) is 0 Å². The third kappa shape index (κ3) is 2.92. The average Bonchev–Trinajstić information content (AvgIpc) is 2.87. The minimum absolute atomic E-state index is 0.0959. The number of nitrogens with one attached hydrogen (secondary N) is 1. The quantitative estimate of drug-likeness (QED) is 0.885. The van der Waals surface area contributed by atoms with E-state index < -0.39 is 12.0 Å². The van der Waals surface area contributed by atoms with Gasteiger partial charge < -0.3 is 15.3 Å². The maximum absolute atomic E-state index is 12.2. The Hall–Kier alpha value is -2.04. The number of benzene rings is 1. The van der Waals surface area contributed by atoms with Gasteiger partial charge in [-0.05, 0) is 17.0 Å². The number of carboxylic acid groups (broad SMARTS) is 1. The van der Waals surface area contributed by atoms with E-state index >= 15 is 0 Å². The molecule has 0 aromatic heterocycles. The molecule has 5 nitrogen and oxygen atoms in total. The fourth-order valence-electron chi connectivity index (χ4n) is 2.38. The van der Waals surface area contributed by atoms with Crippen LogP contribution in [0.2, 0.25) is 0 Å². The Kier molecular flexibility index (Phi) is 4.27. The Morgan fingerprint density at radius 1 is 1.30 bits per heavy atom. The Balaban J connectivity index is 2.01. The molecule has 0 radical (unpaired) electrons. The van der Waals surface area contributed by atoms with Crippen molar-refractivity contribution in [2.45, 2.75) is 39.4 Å². The fraction of sp³-hybridized carbons (Fsp3) is 0.467. The molecule has 1 aromatic carbocycles. The smallest absolute Gasteiger partial charge is 0.326 e. The summed E-state index contributed by atoms with van der Waals surface area (Å²) in [6, 6.07) is 6.72. The van der Waals surface area contributed by atoms with E-state index in [2.05, 4.69) is 5.32 Å². The minimum Gasteiger partial charge on any atom is -0.480 e. The van der Waals surface area contributed by atoms with E-state index in [1.165, 1.54) is 0 Å². The van der Waals surface area contributed by atoms with Gasteiger partial charge in [0, 0.05) is 13.1 Å². The summed E-state index contributed by atoms with van der Waals surface area (Å²) in [5.74, 6) is -1.08. The average molecular weight is 276 g/mol. The minimum atomic E-state index is -0.982. The molecular weight excluding hydrogens is 256 g/mol. The maximum atomic E-state index is 12.2. The molecule has 5 heteroatoms. The second-order valence-corrected chi connectivity index (χ2v) is 5.28. The van der Waals surface area contributed by atoms with Gasteiger partial charge in [0.05, 0.1) is 0 Å². The van der Waals surface area contributed by atoms with Crippen molar-refractivity contribution >= 4 is 12.0 Å². The van der Waals surface area contributed by atoms with E-state index in [1.807, 2.05) is 38.1 Å². The van der Waals surface area contributed by atoms with E-state index in [1.54, 1.807) is 4.90 Å². The number of carbonyl (C=O) groups is 2. The first-order valence-corrected chi connectivity index (χ1v) is 6.88. The second-order valence-electron chi connectivity index (χ2n) is 5.28. The number of rotatable bonds is 4. The summed E-state index contributed by atoms with van der Waals surface area (Å²) in [5, 5.41) is 11.8. The zero-order valence-electron chi connectivity index (χ0n) is 11.8. The zero-order valence-corrected chi connectivity index (χ0v) is 11.8. The summed E-state index contributed by atoms with van der Waals surface area (Å²) in [6.45, 7) is 4.82. The molecule has 108 valence electrons. The van der Waals surface area contributed by atoms with Crippen LogP contribution in [0.1, 0.15) is 31.4 Å². The van der Waals surface area contributed by atoms with Crippen molar-refractivity contribution < 1.29 is 14.7 Å². The van der Waals surface area contributed by atoms with E-state index in [-0.39, 0.29) is 11.9 Å². The molecule has 2 amide bonds. The van der Waals surface area contributed by atoms with Crippen LogP contribution in [-0.4, -0.2) is 28.0 Å². The van der Waals surface area contributed by atoms with E-state index in [0.29, 0.717) is 19.5 Å². The topological polar surface area (TPSA) is 69.6 Å². The van der Waals surface area contributed by atoms with Crippen molar-refractivity contribution in [2.75, 3.05) is 0 Å². The van der Waals surface area contributed by atoms with Gasteiger partial charge in [-0.1, -0.05) is 44.5 Å². The van der Waals surface area contributed by atoms with Crippen LogP contribution in [0.3, 0.4) is 0 Å². The normalized spacial score (nSPS) is 16.4. The van der Waals surface area contributed by atoms with Crippen molar-refractivity contribution in [2.24, 2.45) is 5.92 Å². The van der Waals surface area contributed by atoms with Gasteiger partial charge in [-0.3, -0.25) is 0 Å². The molecule has 1 heterocycles. The number of carbonyl (C=O) groups excluding carboxylic acids is 1. The molecule has 2 rings (SSSR count). The van der Waals surface area contributed by atoms with Crippen molar-refractivity contribution in [1.82, 2.24) is 10.2 Å². The van der Waals surface area contributed by atoms with Gasteiger partial charge >= 0.3 is 12.0 Å². The monoisotopic (exact) mass is 276 g/mol. The number of urea groups is 1. The van der Waals surface area contributed by atoms with Gasteiger partial charge in [0.15, 0.2) is 0 Å². The molecule has 0 saturated carbocycles. The summed E-state index contributed by atoms with van der Waals surface area (Å²) in [6.07, 6.45) is 0.706. The summed E-state index contributed by atoms with van der Waals surface area (Å²) in [7, 11) is 0. The van der Waals surface area contributed by atoms with Crippen molar-refractivity contribution in [3.63, 3.8) is 0 Å². The van der Waals surface area contributed by atoms with Crippen LogP contribution in [0, 0.1) is 5.92 Å². The lowest BCUT2D eigenvalue weighted by molar-refractivity contribution is -0.140. The number of nitrogens with zero attached hydrogens (tertiary/aromatic N) is 1. The highest BCUT2D eigenvalue weighted by atomic mass is 16.4. The second kappa shape index (κ2) is 5.94. The molecule has 2 N–H and O–H groups in total. The number of amides is 2. The molecule has 0 bridgehead atoms. The summed E-state index contributed by atoms with van der Waals surface area (Å²) in [5.41, 5.74) is 2.25. The molecule has 1 unspecified atom stereocenters. The maximum Gasteiger partial charge on any atom is 0.326 e. The van der Waals surface area contributed by atoms with Crippen LogP contribution < -0.4 is 5.32 Å². The van der Waals surface area contributed by atoms with Gasteiger partial charge in [0.1, 0.15) is 6.04 Å². The largest absolute Gasteiger partial charge is 0.480 e. The summed E-state index contributed by atoms with van der Waals surface area (Å²) >= 11 is 0. The Labute approximate surface area is 118 Å². The zero-order chi connectivity index (χ0) is 14.7. The van der Waals surface area contributed by atoms with E-state index in [4.69, 9.17) is 0 Å². The lowest BCUT2D eigenvalue weighted by Gasteiger charge is -2.24. The predicted molar refractivity (Wildman–Crippen MR) is 75.1 cm³/mol. The number of hydrogen-bond donors (Lipinski definition) is 2. The van der Waals surface area contributed by atoms with Crippen LogP contribution in [0.25, 0.3) is 0 Å². The first kappa shape index (κ1) is 14.4. The molecular formula is C15H20N2O3. The molecule has 0 fully saturated rings. The SMILES string of the molecule is CCC(C)[C@H](NC(=O)N1Cc2ccccc2C1)C(=O)O. The Morgan fingerprint density at radius 2 is 1.85 bits per heavy atom.